The van der Waals surface area contributed by atoms with E-state index in [0.29, 0.717) is 23.5 Å². The zero-order valence-electron chi connectivity index (χ0n) is 12.3. The Bertz CT molecular complexity index is 884. The van der Waals surface area contributed by atoms with Crippen molar-refractivity contribution < 1.29 is 14.5 Å². The summed E-state index contributed by atoms with van der Waals surface area (Å²) in [4.78, 5) is 26.0. The first-order valence-corrected chi connectivity index (χ1v) is 7.01. The fraction of sp³-hybridized carbons (Fsp3) is 0.125. The number of ether oxygens (including phenoxy) is 1. The minimum atomic E-state index is -0.448. The number of esters is 1. The summed E-state index contributed by atoms with van der Waals surface area (Å²) in [5.41, 5.74) is 2.13. The Balaban J connectivity index is 1.90. The van der Waals surface area contributed by atoms with E-state index in [1.165, 1.54) is 12.3 Å². The third kappa shape index (κ3) is 3.03. The Morgan fingerprint density at radius 1 is 1.22 bits per heavy atom. The van der Waals surface area contributed by atoms with E-state index in [0.717, 1.165) is 5.56 Å². The Kier molecular flexibility index (Phi) is 3.76. The summed E-state index contributed by atoms with van der Waals surface area (Å²) in [6, 6.07) is 9.96. The molecule has 0 aliphatic heterocycles. The molecule has 3 rings (SSSR count). The number of nitro groups is 1. The SMILES string of the molecule is CCC(=O)Oc1ccc(-c2cn3cc([N+](=O)[O-])ccc3n2)cc1. The monoisotopic (exact) mass is 311 g/mol. The lowest BCUT2D eigenvalue weighted by molar-refractivity contribution is -0.385. The molecule has 0 amide bonds. The molecule has 23 heavy (non-hydrogen) atoms. The van der Waals surface area contributed by atoms with Gasteiger partial charge in [-0.25, -0.2) is 4.98 Å². The summed E-state index contributed by atoms with van der Waals surface area (Å²) in [6.45, 7) is 1.73. The van der Waals surface area contributed by atoms with Crippen LogP contribution in [0.5, 0.6) is 5.75 Å². The number of nitrogens with zero attached hydrogens (tertiary/aromatic N) is 3. The van der Waals surface area contributed by atoms with Gasteiger partial charge in [-0.3, -0.25) is 19.3 Å². The number of hydrogen-bond donors (Lipinski definition) is 0. The number of carbonyl (C=O) groups is 1. The molecule has 2 aromatic heterocycles. The van der Waals surface area contributed by atoms with Gasteiger partial charge < -0.3 is 4.74 Å². The van der Waals surface area contributed by atoms with Crippen molar-refractivity contribution in [3.05, 3.63) is 58.9 Å². The molecular formula is C16H13N3O4. The van der Waals surface area contributed by atoms with Gasteiger partial charge >= 0.3 is 5.97 Å². The van der Waals surface area contributed by atoms with Gasteiger partial charge in [0.2, 0.25) is 0 Å². The first-order valence-electron chi connectivity index (χ1n) is 7.01. The molecule has 0 N–H and O–H groups in total. The summed E-state index contributed by atoms with van der Waals surface area (Å²) in [5, 5.41) is 10.8. The van der Waals surface area contributed by atoms with Crippen LogP contribution in [0.25, 0.3) is 16.9 Å². The van der Waals surface area contributed by atoms with Crippen molar-refractivity contribution in [2.75, 3.05) is 0 Å². The first-order chi connectivity index (χ1) is 11.1. The number of rotatable bonds is 4. The molecule has 3 aromatic rings. The standard InChI is InChI=1S/C16H13N3O4/c1-2-16(20)23-13-6-3-11(4-7-13)14-10-18-9-12(19(21)22)5-8-15(18)17-14/h3-10H,2H2,1H3. The Hall–Kier alpha value is -3.22. The summed E-state index contributed by atoms with van der Waals surface area (Å²) >= 11 is 0. The van der Waals surface area contributed by atoms with E-state index in [9.17, 15) is 14.9 Å². The Labute approximate surface area is 131 Å². The Morgan fingerprint density at radius 2 is 1.96 bits per heavy atom. The molecule has 7 heteroatoms. The van der Waals surface area contributed by atoms with E-state index in [4.69, 9.17) is 4.74 Å². The van der Waals surface area contributed by atoms with Crippen molar-refractivity contribution in [2.24, 2.45) is 0 Å². The quantitative estimate of drug-likeness (QED) is 0.319. The summed E-state index contributed by atoms with van der Waals surface area (Å²) in [6.07, 6.45) is 3.45. The second kappa shape index (κ2) is 5.88. The third-order valence-corrected chi connectivity index (χ3v) is 3.32. The molecule has 0 fully saturated rings. The molecule has 0 saturated heterocycles. The van der Waals surface area contributed by atoms with Gasteiger partial charge in [-0.1, -0.05) is 6.92 Å². The molecule has 0 radical (unpaired) electrons. The molecular weight excluding hydrogens is 298 g/mol. The van der Waals surface area contributed by atoms with Crippen LogP contribution in [0.3, 0.4) is 0 Å². The highest BCUT2D eigenvalue weighted by molar-refractivity contribution is 5.72. The lowest BCUT2D eigenvalue weighted by Gasteiger charge is -2.03. The summed E-state index contributed by atoms with van der Waals surface area (Å²) < 4.78 is 6.73. The second-order valence-electron chi connectivity index (χ2n) is 4.89. The van der Waals surface area contributed by atoms with Crippen LogP contribution in [0.1, 0.15) is 13.3 Å². The van der Waals surface area contributed by atoms with Crippen LogP contribution >= 0.6 is 0 Å². The molecule has 2 heterocycles. The molecule has 0 bridgehead atoms. The normalized spacial score (nSPS) is 10.7. The molecule has 0 unspecified atom stereocenters. The van der Waals surface area contributed by atoms with Gasteiger partial charge in [0.1, 0.15) is 11.4 Å². The number of aromatic nitrogens is 2. The van der Waals surface area contributed by atoms with E-state index < -0.39 is 4.92 Å². The lowest BCUT2D eigenvalue weighted by Crippen LogP contribution is -2.05. The smallest absolute Gasteiger partial charge is 0.310 e. The number of benzene rings is 1. The lowest BCUT2D eigenvalue weighted by atomic mass is 10.2. The highest BCUT2D eigenvalue weighted by Gasteiger charge is 2.10. The average molecular weight is 311 g/mol. The number of imidazole rings is 1. The predicted octanol–water partition coefficient (Wildman–Crippen LogP) is 3.22. The van der Waals surface area contributed by atoms with Crippen LogP contribution in [-0.4, -0.2) is 20.3 Å². The number of fused-ring (bicyclic) bond motifs is 1. The zero-order valence-corrected chi connectivity index (χ0v) is 12.3. The number of hydrogen-bond acceptors (Lipinski definition) is 5. The second-order valence-corrected chi connectivity index (χ2v) is 4.89. The van der Waals surface area contributed by atoms with E-state index in [1.54, 1.807) is 47.9 Å². The summed E-state index contributed by atoms with van der Waals surface area (Å²) in [7, 11) is 0. The molecule has 0 aliphatic rings. The first kappa shape index (κ1) is 14.7. The number of carbonyl (C=O) groups excluding carboxylic acids is 1. The largest absolute Gasteiger partial charge is 0.427 e. The van der Waals surface area contributed by atoms with Gasteiger partial charge in [0.15, 0.2) is 0 Å². The minimum absolute atomic E-state index is 0.00303. The Morgan fingerprint density at radius 3 is 2.61 bits per heavy atom. The van der Waals surface area contributed by atoms with Crippen molar-refractivity contribution in [3.8, 4) is 17.0 Å². The van der Waals surface area contributed by atoms with E-state index in [2.05, 4.69) is 4.98 Å². The molecule has 0 saturated carbocycles. The highest BCUT2D eigenvalue weighted by Crippen LogP contribution is 2.23. The van der Waals surface area contributed by atoms with E-state index in [1.807, 2.05) is 0 Å². The van der Waals surface area contributed by atoms with E-state index in [-0.39, 0.29) is 11.7 Å². The van der Waals surface area contributed by atoms with Gasteiger partial charge in [-0.15, -0.1) is 0 Å². The molecule has 1 aromatic carbocycles. The molecule has 0 aliphatic carbocycles. The van der Waals surface area contributed by atoms with Crippen LogP contribution in [0.4, 0.5) is 5.69 Å². The van der Waals surface area contributed by atoms with Crippen molar-refractivity contribution in [1.82, 2.24) is 9.38 Å². The zero-order chi connectivity index (χ0) is 16.4. The highest BCUT2D eigenvalue weighted by atomic mass is 16.6. The van der Waals surface area contributed by atoms with Crippen molar-refractivity contribution in [3.63, 3.8) is 0 Å². The van der Waals surface area contributed by atoms with E-state index >= 15 is 0 Å². The number of pyridine rings is 1. The molecule has 0 atom stereocenters. The molecule has 116 valence electrons. The van der Waals surface area contributed by atoms with Crippen LogP contribution in [0.2, 0.25) is 0 Å². The third-order valence-electron chi connectivity index (χ3n) is 3.32. The maximum atomic E-state index is 11.2. The average Bonchev–Trinajstić information content (AvgIpc) is 2.98. The minimum Gasteiger partial charge on any atom is -0.427 e. The van der Waals surface area contributed by atoms with Crippen molar-refractivity contribution in [2.45, 2.75) is 13.3 Å². The van der Waals surface area contributed by atoms with Crippen molar-refractivity contribution in [1.29, 1.82) is 0 Å². The van der Waals surface area contributed by atoms with Gasteiger partial charge in [-0.05, 0) is 30.3 Å². The van der Waals surface area contributed by atoms with Crippen LogP contribution in [0.15, 0.2) is 48.8 Å². The van der Waals surface area contributed by atoms with Gasteiger partial charge in [-0.2, -0.15) is 0 Å². The fourth-order valence-electron chi connectivity index (χ4n) is 2.12. The molecule has 0 spiro atoms. The predicted molar refractivity (Wildman–Crippen MR) is 83.2 cm³/mol. The van der Waals surface area contributed by atoms with Crippen molar-refractivity contribution >= 4 is 17.3 Å². The topological polar surface area (TPSA) is 86.7 Å². The van der Waals surface area contributed by atoms with Crippen LogP contribution < -0.4 is 4.74 Å². The van der Waals surface area contributed by atoms with Crippen LogP contribution in [-0.2, 0) is 4.79 Å². The van der Waals surface area contributed by atoms with Crippen LogP contribution in [0, 0.1) is 10.1 Å². The molecule has 7 nitrogen and oxygen atoms in total. The summed E-state index contributed by atoms with van der Waals surface area (Å²) in [5.74, 6) is 0.179. The fourth-order valence-corrected chi connectivity index (χ4v) is 2.12. The maximum Gasteiger partial charge on any atom is 0.310 e. The maximum absolute atomic E-state index is 11.2. The van der Waals surface area contributed by atoms with Gasteiger partial charge in [0.25, 0.3) is 5.69 Å². The van der Waals surface area contributed by atoms with Gasteiger partial charge in [0.05, 0.1) is 16.8 Å². The van der Waals surface area contributed by atoms with Gasteiger partial charge in [0, 0.05) is 24.2 Å².